The van der Waals surface area contributed by atoms with Crippen LogP contribution in [0.1, 0.15) is 47.1 Å². The van der Waals surface area contributed by atoms with Gasteiger partial charge in [-0.25, -0.2) is 0 Å². The van der Waals surface area contributed by atoms with Gasteiger partial charge in [0.1, 0.15) is 0 Å². The molecule has 6 heteroatoms. The summed E-state index contributed by atoms with van der Waals surface area (Å²) in [5.74, 6) is -0.805. The van der Waals surface area contributed by atoms with E-state index >= 15 is 0 Å². The Hall–Kier alpha value is -3.18. The topological polar surface area (TPSA) is 85.1 Å². The van der Waals surface area contributed by atoms with Gasteiger partial charge in [0.15, 0.2) is 0 Å². The maximum absolute atomic E-state index is 12.8. The minimum atomic E-state index is -0.514. The molecule has 5 nitrogen and oxygen atoms in total. The summed E-state index contributed by atoms with van der Waals surface area (Å²) in [7, 11) is 0. The van der Waals surface area contributed by atoms with Crippen LogP contribution in [0.2, 0.25) is 5.02 Å². The first-order valence-electron chi connectivity index (χ1n) is 9.13. The Labute approximate surface area is 174 Å². The van der Waals surface area contributed by atoms with Gasteiger partial charge in [-0.15, -0.1) is 0 Å². The van der Waals surface area contributed by atoms with E-state index in [1.165, 1.54) is 0 Å². The van der Waals surface area contributed by atoms with Gasteiger partial charge in [-0.3, -0.25) is 14.6 Å². The minimum absolute atomic E-state index is 0.291. The summed E-state index contributed by atoms with van der Waals surface area (Å²) in [6, 6.07) is 15.7. The summed E-state index contributed by atoms with van der Waals surface area (Å²) in [6.45, 7) is 5.90. The Bertz CT molecular complexity index is 1070. The summed E-state index contributed by atoms with van der Waals surface area (Å²) >= 11 is 6.31. The second-order valence-corrected chi connectivity index (χ2v) is 8.15. The zero-order valence-corrected chi connectivity index (χ0v) is 17.2. The van der Waals surface area contributed by atoms with E-state index in [9.17, 15) is 9.59 Å². The van der Waals surface area contributed by atoms with Gasteiger partial charge in [-0.2, -0.15) is 0 Å². The van der Waals surface area contributed by atoms with Gasteiger partial charge in [0.2, 0.25) is 5.91 Å². The first kappa shape index (κ1) is 20.6. The summed E-state index contributed by atoms with van der Waals surface area (Å²) < 4.78 is 0. The summed E-state index contributed by atoms with van der Waals surface area (Å²) in [6.07, 6.45) is 1.69. The van der Waals surface area contributed by atoms with E-state index in [0.717, 1.165) is 16.8 Å². The van der Waals surface area contributed by atoms with Gasteiger partial charge in [0.05, 0.1) is 10.7 Å². The largest absolute Gasteiger partial charge is 0.366 e. The minimum Gasteiger partial charge on any atom is -0.366 e. The predicted octanol–water partition coefficient (Wildman–Crippen LogP) is 5.05. The van der Waals surface area contributed by atoms with Crippen molar-refractivity contribution in [2.24, 2.45) is 5.73 Å². The SMILES string of the molecule is CC(C)(C)c1cc(C(=O)Nc2ccc(Cl)c(-c3ccccn3)c2)ccc1C(N)=O. The first-order valence-corrected chi connectivity index (χ1v) is 9.51. The molecule has 0 bridgehead atoms. The van der Waals surface area contributed by atoms with Gasteiger partial charge in [0, 0.05) is 28.6 Å². The second-order valence-electron chi connectivity index (χ2n) is 7.74. The van der Waals surface area contributed by atoms with Crippen LogP contribution in [0.25, 0.3) is 11.3 Å². The molecule has 3 aromatic rings. The highest BCUT2D eigenvalue weighted by atomic mass is 35.5. The molecule has 1 heterocycles. The van der Waals surface area contributed by atoms with Crippen molar-refractivity contribution in [3.63, 3.8) is 0 Å². The molecule has 0 atom stereocenters. The molecule has 0 aliphatic rings. The number of nitrogens with zero attached hydrogens (tertiary/aromatic N) is 1. The van der Waals surface area contributed by atoms with E-state index in [1.54, 1.807) is 42.6 Å². The molecule has 3 N–H and O–H groups in total. The van der Waals surface area contributed by atoms with Crippen molar-refractivity contribution in [3.8, 4) is 11.3 Å². The van der Waals surface area contributed by atoms with Crippen LogP contribution in [0.4, 0.5) is 5.69 Å². The molecule has 2 aromatic carbocycles. The number of rotatable bonds is 4. The van der Waals surface area contributed by atoms with E-state index in [2.05, 4.69) is 10.3 Å². The molecule has 3 rings (SSSR count). The predicted molar refractivity (Wildman–Crippen MR) is 116 cm³/mol. The van der Waals surface area contributed by atoms with Crippen LogP contribution in [0.5, 0.6) is 0 Å². The number of benzene rings is 2. The third-order valence-corrected chi connectivity index (χ3v) is 4.85. The first-order chi connectivity index (χ1) is 13.7. The lowest BCUT2D eigenvalue weighted by atomic mass is 9.82. The average Bonchev–Trinajstić information content (AvgIpc) is 2.69. The van der Waals surface area contributed by atoms with Crippen LogP contribution in [-0.2, 0) is 5.41 Å². The van der Waals surface area contributed by atoms with E-state index in [1.807, 2.05) is 39.0 Å². The molecular weight excluding hydrogens is 386 g/mol. The highest BCUT2D eigenvalue weighted by Gasteiger charge is 2.22. The van der Waals surface area contributed by atoms with Crippen LogP contribution >= 0.6 is 11.6 Å². The number of carbonyl (C=O) groups is 2. The van der Waals surface area contributed by atoms with Gasteiger partial charge >= 0.3 is 0 Å². The van der Waals surface area contributed by atoms with Crippen molar-refractivity contribution >= 4 is 29.1 Å². The number of nitrogens with two attached hydrogens (primary N) is 1. The molecule has 0 spiro atoms. The molecule has 0 radical (unpaired) electrons. The zero-order chi connectivity index (χ0) is 21.2. The molecule has 29 heavy (non-hydrogen) atoms. The maximum atomic E-state index is 12.8. The number of aromatic nitrogens is 1. The molecule has 0 aliphatic carbocycles. The van der Waals surface area contributed by atoms with E-state index in [4.69, 9.17) is 17.3 Å². The Balaban J connectivity index is 1.92. The summed E-state index contributed by atoms with van der Waals surface area (Å²) in [4.78, 5) is 28.9. The lowest BCUT2D eigenvalue weighted by Crippen LogP contribution is -2.22. The van der Waals surface area contributed by atoms with Crippen molar-refractivity contribution < 1.29 is 9.59 Å². The van der Waals surface area contributed by atoms with Crippen LogP contribution in [0.15, 0.2) is 60.8 Å². The summed E-state index contributed by atoms with van der Waals surface area (Å²) in [5, 5.41) is 3.43. The van der Waals surface area contributed by atoms with Gasteiger partial charge in [0.25, 0.3) is 5.91 Å². The molecular formula is C23H22ClN3O2. The fourth-order valence-corrected chi connectivity index (χ4v) is 3.26. The van der Waals surface area contributed by atoms with Crippen LogP contribution in [0.3, 0.4) is 0 Å². The quantitative estimate of drug-likeness (QED) is 0.634. The van der Waals surface area contributed by atoms with Crippen LogP contribution in [0, 0.1) is 0 Å². The number of carbonyl (C=O) groups excluding carboxylic acids is 2. The lowest BCUT2D eigenvalue weighted by Gasteiger charge is -2.22. The van der Waals surface area contributed by atoms with E-state index < -0.39 is 5.91 Å². The molecule has 0 aliphatic heterocycles. The fraction of sp³-hybridized carbons (Fsp3) is 0.174. The van der Waals surface area contributed by atoms with Gasteiger partial charge < -0.3 is 11.1 Å². The van der Waals surface area contributed by atoms with Crippen LogP contribution in [-0.4, -0.2) is 16.8 Å². The van der Waals surface area contributed by atoms with E-state index in [-0.39, 0.29) is 11.3 Å². The zero-order valence-electron chi connectivity index (χ0n) is 16.5. The Morgan fingerprint density at radius 3 is 2.41 bits per heavy atom. The molecule has 1 aromatic heterocycles. The van der Waals surface area contributed by atoms with Gasteiger partial charge in [-0.1, -0.05) is 38.4 Å². The van der Waals surface area contributed by atoms with Crippen molar-refractivity contribution in [3.05, 3.63) is 82.5 Å². The van der Waals surface area contributed by atoms with Crippen molar-refractivity contribution in [1.82, 2.24) is 4.98 Å². The molecule has 0 unspecified atom stereocenters. The van der Waals surface area contributed by atoms with Crippen molar-refractivity contribution in [2.75, 3.05) is 5.32 Å². The average molecular weight is 408 g/mol. The van der Waals surface area contributed by atoms with E-state index in [0.29, 0.717) is 21.8 Å². The second kappa shape index (κ2) is 8.05. The smallest absolute Gasteiger partial charge is 0.255 e. The maximum Gasteiger partial charge on any atom is 0.255 e. The highest BCUT2D eigenvalue weighted by molar-refractivity contribution is 6.33. The Morgan fingerprint density at radius 1 is 1.03 bits per heavy atom. The lowest BCUT2D eigenvalue weighted by molar-refractivity contribution is 0.0993. The molecule has 0 saturated carbocycles. The molecule has 0 fully saturated rings. The Morgan fingerprint density at radius 2 is 1.79 bits per heavy atom. The number of hydrogen-bond donors (Lipinski definition) is 2. The highest BCUT2D eigenvalue weighted by Crippen LogP contribution is 2.30. The molecule has 148 valence electrons. The Kier molecular flexibility index (Phi) is 5.71. The fourth-order valence-electron chi connectivity index (χ4n) is 3.05. The summed E-state index contributed by atoms with van der Waals surface area (Å²) in [5.41, 5.74) is 8.77. The number of pyridine rings is 1. The van der Waals surface area contributed by atoms with Crippen molar-refractivity contribution in [1.29, 1.82) is 0 Å². The number of primary amides is 1. The number of anilines is 1. The van der Waals surface area contributed by atoms with Gasteiger partial charge in [-0.05, 0) is 59.5 Å². The number of halogens is 1. The normalized spacial score (nSPS) is 11.2. The molecule has 0 saturated heterocycles. The van der Waals surface area contributed by atoms with Crippen LogP contribution < -0.4 is 11.1 Å². The number of nitrogens with one attached hydrogen (secondary N) is 1. The standard InChI is InChI=1S/C23H22ClN3O2/c1-23(2,3)18-12-14(7-9-16(18)21(25)28)22(29)27-15-8-10-19(24)17(13-15)20-6-4-5-11-26-20/h4-13H,1-3H3,(H2,25,28)(H,27,29). The monoisotopic (exact) mass is 407 g/mol. The number of hydrogen-bond acceptors (Lipinski definition) is 3. The molecule has 2 amide bonds. The number of amides is 2. The van der Waals surface area contributed by atoms with Crippen molar-refractivity contribution in [2.45, 2.75) is 26.2 Å². The third kappa shape index (κ3) is 4.63. The third-order valence-electron chi connectivity index (χ3n) is 4.52.